The van der Waals surface area contributed by atoms with Gasteiger partial charge in [-0.15, -0.1) is 0 Å². The first-order valence-corrected chi connectivity index (χ1v) is 11.7. The zero-order valence-corrected chi connectivity index (χ0v) is 21.1. The second kappa shape index (κ2) is 10.3. The Balaban J connectivity index is 1.97. The summed E-state index contributed by atoms with van der Waals surface area (Å²) >= 11 is 6.33. The van der Waals surface area contributed by atoms with Crippen LogP contribution < -0.4 is 19.1 Å². The van der Waals surface area contributed by atoms with Crippen molar-refractivity contribution in [1.29, 1.82) is 0 Å². The number of halogens is 1. The van der Waals surface area contributed by atoms with Crippen LogP contribution in [0.3, 0.4) is 0 Å². The SMILES string of the molecule is COc1cc(OC)c(/C(O)=C2\C(=O)C(=O)N(c3ccccc3)C2c2cccc(OC(C)C)c2)cc1Cl. The van der Waals surface area contributed by atoms with Crippen molar-refractivity contribution in [3.63, 3.8) is 0 Å². The fraction of sp³-hybridized carbons (Fsp3) is 0.214. The van der Waals surface area contributed by atoms with Crippen LogP contribution in [-0.2, 0) is 9.59 Å². The van der Waals surface area contributed by atoms with Gasteiger partial charge < -0.3 is 19.3 Å². The third-order valence-electron chi connectivity index (χ3n) is 5.75. The van der Waals surface area contributed by atoms with E-state index in [1.54, 1.807) is 48.5 Å². The number of para-hydroxylation sites is 1. The molecule has 0 saturated carbocycles. The van der Waals surface area contributed by atoms with Crippen LogP contribution >= 0.6 is 11.6 Å². The summed E-state index contributed by atoms with van der Waals surface area (Å²) in [6.07, 6.45) is -0.0774. The van der Waals surface area contributed by atoms with E-state index in [-0.39, 0.29) is 28.0 Å². The van der Waals surface area contributed by atoms with E-state index in [9.17, 15) is 14.7 Å². The molecule has 1 heterocycles. The maximum absolute atomic E-state index is 13.4. The Morgan fingerprint density at radius 3 is 2.28 bits per heavy atom. The highest BCUT2D eigenvalue weighted by Crippen LogP contribution is 2.45. The third kappa shape index (κ3) is 4.62. The van der Waals surface area contributed by atoms with Crippen LogP contribution in [0, 0.1) is 0 Å². The number of anilines is 1. The Morgan fingerprint density at radius 1 is 0.944 bits per heavy atom. The Morgan fingerprint density at radius 2 is 1.64 bits per heavy atom. The molecule has 1 amide bonds. The van der Waals surface area contributed by atoms with Gasteiger partial charge in [0.1, 0.15) is 23.0 Å². The van der Waals surface area contributed by atoms with E-state index in [4.69, 9.17) is 25.8 Å². The summed E-state index contributed by atoms with van der Waals surface area (Å²) in [5.41, 5.74) is 1.17. The normalized spacial score (nSPS) is 16.9. The Bertz CT molecular complexity index is 1340. The first kappa shape index (κ1) is 25.1. The van der Waals surface area contributed by atoms with Gasteiger partial charge in [0.25, 0.3) is 11.7 Å². The van der Waals surface area contributed by atoms with Crippen molar-refractivity contribution in [3.05, 3.63) is 88.5 Å². The van der Waals surface area contributed by atoms with Crippen LogP contribution in [-0.4, -0.2) is 37.1 Å². The lowest BCUT2D eigenvalue weighted by atomic mass is 9.94. The number of aliphatic hydroxyl groups excluding tert-OH is 1. The summed E-state index contributed by atoms with van der Waals surface area (Å²) in [4.78, 5) is 28.1. The molecule has 1 saturated heterocycles. The van der Waals surface area contributed by atoms with Gasteiger partial charge in [0.2, 0.25) is 0 Å². The second-order valence-electron chi connectivity index (χ2n) is 8.43. The van der Waals surface area contributed by atoms with E-state index < -0.39 is 23.5 Å². The van der Waals surface area contributed by atoms with E-state index in [1.165, 1.54) is 31.3 Å². The average molecular weight is 508 g/mol. The standard InChI is InChI=1S/C28H26ClNO6/c1-16(2)36-19-12-8-9-17(13-19)25-24(27(32)28(33)30(25)18-10-6-5-7-11-18)26(31)20-14-21(29)23(35-4)15-22(20)34-3/h5-16,25,31H,1-4H3/b26-24+. The molecule has 0 aromatic heterocycles. The Labute approximate surface area is 214 Å². The van der Waals surface area contributed by atoms with E-state index in [0.29, 0.717) is 22.7 Å². The molecule has 3 aromatic rings. The largest absolute Gasteiger partial charge is 0.507 e. The van der Waals surface area contributed by atoms with Gasteiger partial charge in [-0.1, -0.05) is 41.9 Å². The molecular weight excluding hydrogens is 482 g/mol. The fourth-order valence-electron chi connectivity index (χ4n) is 4.22. The summed E-state index contributed by atoms with van der Waals surface area (Å²) in [6, 6.07) is 18.0. The topological polar surface area (TPSA) is 85.3 Å². The molecule has 1 aliphatic rings. The van der Waals surface area contributed by atoms with Gasteiger partial charge in [-0.05, 0) is 49.7 Å². The number of Topliss-reactive ketones (excluding diaryl/α,β-unsaturated/α-hetero) is 1. The van der Waals surface area contributed by atoms with Gasteiger partial charge in [0.15, 0.2) is 0 Å². The molecule has 0 aliphatic carbocycles. The van der Waals surface area contributed by atoms with Crippen LogP contribution in [0.2, 0.25) is 5.02 Å². The molecule has 1 aliphatic heterocycles. The molecule has 8 heteroatoms. The number of carbonyl (C=O) groups excluding carboxylic acids is 2. The van der Waals surface area contributed by atoms with Gasteiger partial charge in [-0.2, -0.15) is 0 Å². The molecule has 0 radical (unpaired) electrons. The molecular formula is C28H26ClNO6. The predicted molar refractivity (Wildman–Crippen MR) is 138 cm³/mol. The van der Waals surface area contributed by atoms with Crippen molar-refractivity contribution in [2.24, 2.45) is 0 Å². The van der Waals surface area contributed by atoms with Crippen LogP contribution in [0.1, 0.15) is 31.0 Å². The summed E-state index contributed by atoms with van der Waals surface area (Å²) < 4.78 is 16.5. The van der Waals surface area contributed by atoms with Crippen molar-refractivity contribution in [2.45, 2.75) is 26.0 Å². The summed E-state index contributed by atoms with van der Waals surface area (Å²) in [6.45, 7) is 3.81. The van der Waals surface area contributed by atoms with Crippen molar-refractivity contribution in [2.75, 3.05) is 19.1 Å². The molecule has 1 unspecified atom stereocenters. The van der Waals surface area contributed by atoms with Crippen LogP contribution in [0.25, 0.3) is 5.76 Å². The smallest absolute Gasteiger partial charge is 0.300 e. The highest BCUT2D eigenvalue weighted by atomic mass is 35.5. The lowest BCUT2D eigenvalue weighted by Gasteiger charge is -2.26. The summed E-state index contributed by atoms with van der Waals surface area (Å²) in [7, 11) is 2.88. The molecule has 186 valence electrons. The lowest BCUT2D eigenvalue weighted by molar-refractivity contribution is -0.132. The van der Waals surface area contributed by atoms with E-state index in [2.05, 4.69) is 0 Å². The molecule has 1 N–H and O–H groups in total. The van der Waals surface area contributed by atoms with Crippen molar-refractivity contribution >= 4 is 34.7 Å². The van der Waals surface area contributed by atoms with Crippen molar-refractivity contribution in [1.82, 2.24) is 0 Å². The second-order valence-corrected chi connectivity index (χ2v) is 8.84. The molecule has 1 atom stereocenters. The fourth-order valence-corrected chi connectivity index (χ4v) is 4.46. The number of hydrogen-bond donors (Lipinski definition) is 1. The van der Waals surface area contributed by atoms with Crippen molar-refractivity contribution < 1.29 is 28.9 Å². The molecule has 4 rings (SSSR count). The minimum atomic E-state index is -0.923. The molecule has 1 fully saturated rings. The summed E-state index contributed by atoms with van der Waals surface area (Å²) in [5, 5.41) is 11.7. The van der Waals surface area contributed by atoms with Gasteiger partial charge >= 0.3 is 0 Å². The molecule has 3 aromatic carbocycles. The number of hydrogen-bond acceptors (Lipinski definition) is 6. The van der Waals surface area contributed by atoms with Crippen LogP contribution in [0.4, 0.5) is 5.69 Å². The minimum Gasteiger partial charge on any atom is -0.507 e. The highest BCUT2D eigenvalue weighted by Gasteiger charge is 2.47. The average Bonchev–Trinajstić information content (AvgIpc) is 3.14. The number of nitrogens with zero attached hydrogens (tertiary/aromatic N) is 1. The maximum atomic E-state index is 13.4. The first-order chi connectivity index (χ1) is 17.3. The number of ketones is 1. The van der Waals surface area contributed by atoms with Gasteiger partial charge in [0, 0.05) is 11.8 Å². The van der Waals surface area contributed by atoms with E-state index >= 15 is 0 Å². The van der Waals surface area contributed by atoms with Gasteiger partial charge in [-0.3, -0.25) is 14.5 Å². The van der Waals surface area contributed by atoms with Crippen LogP contribution in [0.5, 0.6) is 17.2 Å². The number of carbonyl (C=O) groups is 2. The van der Waals surface area contributed by atoms with E-state index in [1.807, 2.05) is 19.9 Å². The zero-order valence-electron chi connectivity index (χ0n) is 20.3. The van der Waals surface area contributed by atoms with Gasteiger partial charge in [-0.25, -0.2) is 0 Å². The molecule has 7 nitrogen and oxygen atoms in total. The Hall–Kier alpha value is -3.97. The highest BCUT2D eigenvalue weighted by molar-refractivity contribution is 6.51. The number of benzene rings is 3. The zero-order chi connectivity index (χ0) is 26.0. The number of amides is 1. The maximum Gasteiger partial charge on any atom is 0.300 e. The van der Waals surface area contributed by atoms with Crippen molar-refractivity contribution in [3.8, 4) is 17.2 Å². The van der Waals surface area contributed by atoms with E-state index in [0.717, 1.165) is 0 Å². The molecule has 0 spiro atoms. The predicted octanol–water partition coefficient (Wildman–Crippen LogP) is 5.77. The summed E-state index contributed by atoms with van der Waals surface area (Å²) in [5.74, 6) is -0.855. The number of aliphatic hydroxyl groups is 1. The quantitative estimate of drug-likeness (QED) is 0.248. The molecule has 36 heavy (non-hydrogen) atoms. The van der Waals surface area contributed by atoms with Gasteiger partial charge in [0.05, 0.1) is 42.5 Å². The Kier molecular flexibility index (Phi) is 7.22. The first-order valence-electron chi connectivity index (χ1n) is 11.3. The molecule has 0 bridgehead atoms. The van der Waals surface area contributed by atoms with Crippen LogP contribution in [0.15, 0.2) is 72.3 Å². The number of methoxy groups -OCH3 is 2. The lowest BCUT2D eigenvalue weighted by Crippen LogP contribution is -2.29. The third-order valence-corrected chi connectivity index (χ3v) is 6.05. The number of rotatable bonds is 7. The monoisotopic (exact) mass is 507 g/mol. The number of ether oxygens (including phenoxy) is 3. The minimum absolute atomic E-state index is 0.0774.